The summed E-state index contributed by atoms with van der Waals surface area (Å²) in [5.41, 5.74) is 0.747. The highest BCUT2D eigenvalue weighted by Crippen LogP contribution is 2.27. The van der Waals surface area contributed by atoms with Crippen LogP contribution in [0.2, 0.25) is 0 Å². The third-order valence-electron chi connectivity index (χ3n) is 6.97. The zero-order valence-electron chi connectivity index (χ0n) is 25.7. The topological polar surface area (TPSA) is 130 Å². The normalized spacial score (nSPS) is 12.2. The molecule has 4 aromatic rings. The van der Waals surface area contributed by atoms with E-state index in [2.05, 4.69) is 21.2 Å². The molecular formula is C34H35BrN4O6S. The van der Waals surface area contributed by atoms with Crippen molar-refractivity contribution < 1.29 is 22.9 Å². The fourth-order valence-electron chi connectivity index (χ4n) is 4.83. The second-order valence-electron chi connectivity index (χ2n) is 11.7. The monoisotopic (exact) mass is 706 g/mol. The molecule has 46 heavy (non-hydrogen) atoms. The van der Waals surface area contributed by atoms with Gasteiger partial charge in [-0.1, -0.05) is 76.6 Å². The lowest BCUT2D eigenvalue weighted by Crippen LogP contribution is -2.56. The number of nitro benzene ring substituents is 1. The molecule has 1 unspecified atom stereocenters. The van der Waals surface area contributed by atoms with E-state index in [0.29, 0.717) is 0 Å². The van der Waals surface area contributed by atoms with Crippen LogP contribution in [0.1, 0.15) is 31.9 Å². The van der Waals surface area contributed by atoms with Gasteiger partial charge in [-0.15, -0.1) is 0 Å². The molecule has 0 aromatic heterocycles. The number of nitrogens with zero attached hydrogens (tertiary/aromatic N) is 3. The molecule has 1 N–H and O–H groups in total. The number of carbonyl (C=O) groups excluding carboxylic acids is 2. The number of nitrogens with one attached hydrogen (secondary N) is 1. The van der Waals surface area contributed by atoms with Crippen molar-refractivity contribution in [2.45, 2.75) is 50.2 Å². The number of benzene rings is 4. The Bertz CT molecular complexity index is 1780. The number of non-ortho nitro benzene ring substituents is 1. The van der Waals surface area contributed by atoms with Crippen LogP contribution in [0.3, 0.4) is 0 Å². The van der Waals surface area contributed by atoms with E-state index in [1.807, 2.05) is 75.4 Å². The average Bonchev–Trinajstić information content (AvgIpc) is 3.01. The number of rotatable bonds is 12. The zero-order chi connectivity index (χ0) is 33.5. The van der Waals surface area contributed by atoms with Crippen LogP contribution in [0.4, 0.5) is 11.4 Å². The van der Waals surface area contributed by atoms with Gasteiger partial charge in [0.15, 0.2) is 0 Å². The van der Waals surface area contributed by atoms with Crippen LogP contribution >= 0.6 is 15.9 Å². The highest BCUT2D eigenvalue weighted by molar-refractivity contribution is 9.10. The Morgan fingerprint density at radius 3 is 2.02 bits per heavy atom. The Kier molecular flexibility index (Phi) is 11.0. The summed E-state index contributed by atoms with van der Waals surface area (Å²) in [6, 6.07) is 28.1. The molecule has 0 fully saturated rings. The molecule has 4 rings (SSSR count). The van der Waals surface area contributed by atoms with Crippen molar-refractivity contribution in [2.24, 2.45) is 0 Å². The molecule has 0 radical (unpaired) electrons. The molecule has 0 saturated carbocycles. The molecule has 2 amide bonds. The predicted octanol–water partition coefficient (Wildman–Crippen LogP) is 6.11. The maximum Gasteiger partial charge on any atom is 0.269 e. The lowest BCUT2D eigenvalue weighted by atomic mass is 10.0. The van der Waals surface area contributed by atoms with E-state index in [-0.39, 0.29) is 29.2 Å². The molecule has 1 atom stereocenters. The number of halogens is 1. The zero-order valence-corrected chi connectivity index (χ0v) is 28.1. The second kappa shape index (κ2) is 14.7. The van der Waals surface area contributed by atoms with Gasteiger partial charge in [-0.05, 0) is 68.3 Å². The van der Waals surface area contributed by atoms with Crippen LogP contribution in [0.15, 0.2) is 119 Å². The first-order valence-corrected chi connectivity index (χ1v) is 16.7. The molecule has 0 heterocycles. The number of nitro groups is 1. The van der Waals surface area contributed by atoms with Gasteiger partial charge in [0.2, 0.25) is 11.8 Å². The summed E-state index contributed by atoms with van der Waals surface area (Å²) in [7, 11) is -4.32. The standard InChI is InChI=1S/C34H35BrN4O6S/c1-34(2,3)36-33(41)31(22-25-11-6-4-7-12-25)37(23-26-13-10-14-27(35)21-26)32(40)24-38(28-17-19-29(20-18-28)39(42)43)46(44,45)30-15-8-5-9-16-30/h4-21,31H,22-24H2,1-3H3,(H,36,41). The van der Waals surface area contributed by atoms with Gasteiger partial charge in [0.05, 0.1) is 15.5 Å². The van der Waals surface area contributed by atoms with Crippen molar-refractivity contribution in [1.29, 1.82) is 0 Å². The molecule has 12 heteroatoms. The van der Waals surface area contributed by atoms with Crippen LogP contribution in [0.25, 0.3) is 0 Å². The third-order valence-corrected chi connectivity index (χ3v) is 9.25. The number of sulfonamides is 1. The maximum absolute atomic E-state index is 14.5. The van der Waals surface area contributed by atoms with Crippen LogP contribution in [0.5, 0.6) is 0 Å². The summed E-state index contributed by atoms with van der Waals surface area (Å²) in [4.78, 5) is 40.5. The van der Waals surface area contributed by atoms with E-state index in [0.717, 1.165) is 19.9 Å². The molecule has 4 aromatic carbocycles. The molecule has 0 aliphatic rings. The Morgan fingerprint density at radius 1 is 0.870 bits per heavy atom. The summed E-state index contributed by atoms with van der Waals surface area (Å²) in [5.74, 6) is -1.03. The highest BCUT2D eigenvalue weighted by atomic mass is 79.9. The number of carbonyl (C=O) groups is 2. The highest BCUT2D eigenvalue weighted by Gasteiger charge is 2.35. The van der Waals surface area contributed by atoms with E-state index < -0.39 is 44.9 Å². The van der Waals surface area contributed by atoms with Crippen molar-refractivity contribution in [2.75, 3.05) is 10.8 Å². The molecule has 10 nitrogen and oxygen atoms in total. The van der Waals surface area contributed by atoms with E-state index >= 15 is 0 Å². The fraction of sp³-hybridized carbons (Fsp3) is 0.235. The summed E-state index contributed by atoms with van der Waals surface area (Å²) in [6.07, 6.45) is 0.172. The van der Waals surface area contributed by atoms with Crippen LogP contribution in [-0.4, -0.2) is 48.2 Å². The average molecular weight is 708 g/mol. The predicted molar refractivity (Wildman–Crippen MR) is 181 cm³/mol. The van der Waals surface area contributed by atoms with Crippen molar-refractivity contribution in [3.63, 3.8) is 0 Å². The molecule has 0 saturated heterocycles. The van der Waals surface area contributed by atoms with Crippen molar-refractivity contribution in [3.05, 3.63) is 135 Å². The van der Waals surface area contributed by atoms with Gasteiger partial charge in [0, 0.05) is 35.1 Å². The number of amides is 2. The molecule has 240 valence electrons. The molecule has 0 aliphatic carbocycles. The van der Waals surface area contributed by atoms with Crippen LogP contribution in [0, 0.1) is 10.1 Å². The van der Waals surface area contributed by atoms with E-state index in [9.17, 15) is 28.1 Å². The first kappa shape index (κ1) is 34.3. The van der Waals surface area contributed by atoms with Gasteiger partial charge in [0.1, 0.15) is 12.6 Å². The van der Waals surface area contributed by atoms with Gasteiger partial charge in [-0.3, -0.25) is 24.0 Å². The largest absolute Gasteiger partial charge is 0.350 e. The lowest BCUT2D eigenvalue weighted by Gasteiger charge is -2.35. The Labute approximate surface area is 277 Å². The maximum atomic E-state index is 14.5. The van der Waals surface area contributed by atoms with Crippen molar-refractivity contribution in [1.82, 2.24) is 10.2 Å². The molecular weight excluding hydrogens is 672 g/mol. The minimum atomic E-state index is -4.32. The van der Waals surface area contributed by atoms with Crippen molar-refractivity contribution >= 4 is 49.1 Å². The van der Waals surface area contributed by atoms with Gasteiger partial charge in [-0.2, -0.15) is 0 Å². The molecule has 0 aliphatic heterocycles. The van der Waals surface area contributed by atoms with Gasteiger partial charge >= 0.3 is 0 Å². The lowest BCUT2D eigenvalue weighted by molar-refractivity contribution is -0.384. The first-order chi connectivity index (χ1) is 21.7. The summed E-state index contributed by atoms with van der Waals surface area (Å²) >= 11 is 3.47. The summed E-state index contributed by atoms with van der Waals surface area (Å²) in [6.45, 7) is 4.86. The SMILES string of the molecule is CC(C)(C)NC(=O)C(Cc1ccccc1)N(Cc1cccc(Br)c1)C(=O)CN(c1ccc([N+](=O)[O-])cc1)S(=O)(=O)c1ccccc1. The number of hydrogen-bond acceptors (Lipinski definition) is 6. The van der Waals surface area contributed by atoms with Crippen LogP contribution < -0.4 is 9.62 Å². The summed E-state index contributed by atoms with van der Waals surface area (Å²) in [5, 5.41) is 14.3. The summed E-state index contributed by atoms with van der Waals surface area (Å²) < 4.78 is 29.8. The second-order valence-corrected chi connectivity index (χ2v) is 14.5. The number of hydrogen-bond donors (Lipinski definition) is 1. The van der Waals surface area contributed by atoms with Crippen molar-refractivity contribution in [3.8, 4) is 0 Å². The minimum absolute atomic E-state index is 0.00677. The molecule has 0 spiro atoms. The minimum Gasteiger partial charge on any atom is -0.350 e. The third kappa shape index (κ3) is 9.01. The number of anilines is 1. The van der Waals surface area contributed by atoms with E-state index in [1.54, 1.807) is 18.2 Å². The quantitative estimate of drug-likeness (QED) is 0.140. The van der Waals surface area contributed by atoms with Gasteiger partial charge in [0.25, 0.3) is 15.7 Å². The fourth-order valence-corrected chi connectivity index (χ4v) is 6.71. The van der Waals surface area contributed by atoms with Crippen LogP contribution in [-0.2, 0) is 32.6 Å². The van der Waals surface area contributed by atoms with Gasteiger partial charge < -0.3 is 10.2 Å². The Balaban J connectivity index is 1.82. The smallest absolute Gasteiger partial charge is 0.269 e. The molecule has 0 bridgehead atoms. The first-order valence-electron chi connectivity index (χ1n) is 14.5. The Morgan fingerprint density at radius 2 is 1.46 bits per heavy atom. The van der Waals surface area contributed by atoms with E-state index in [4.69, 9.17) is 0 Å². The van der Waals surface area contributed by atoms with E-state index in [1.165, 1.54) is 41.3 Å². The van der Waals surface area contributed by atoms with Gasteiger partial charge in [-0.25, -0.2) is 8.42 Å². The Hall–Kier alpha value is -4.55.